The lowest BCUT2D eigenvalue weighted by Crippen LogP contribution is -2.56. The lowest BCUT2D eigenvalue weighted by atomic mass is 10.1. The van der Waals surface area contributed by atoms with E-state index in [2.05, 4.69) is 0 Å². The Morgan fingerprint density at radius 1 is 0.833 bits per heavy atom. The summed E-state index contributed by atoms with van der Waals surface area (Å²) in [4.78, 5) is 22.6. The van der Waals surface area contributed by atoms with E-state index in [0.29, 0.717) is 32.4 Å². The Hall–Kier alpha value is -0.250. The van der Waals surface area contributed by atoms with Gasteiger partial charge in [-0.05, 0) is 19.3 Å². The molecule has 2 heterocycles. The molecule has 0 aromatic carbocycles. The summed E-state index contributed by atoms with van der Waals surface area (Å²) < 4.78 is 26.1. The number of rotatable bonds is 4. The minimum Gasteiger partial charge on any atom is -0.212 e. The van der Waals surface area contributed by atoms with Gasteiger partial charge in [0.15, 0.2) is 0 Å². The normalized spacial score (nSPS) is 28.0. The summed E-state index contributed by atoms with van der Waals surface area (Å²) >= 11 is 0. The van der Waals surface area contributed by atoms with Crippen LogP contribution in [-0.4, -0.2) is 43.1 Å². The average Bonchev–Trinajstić information content (AvgIpc) is 2.83. The van der Waals surface area contributed by atoms with Crippen LogP contribution >= 0.6 is 0 Å². The molecule has 140 valence electrons. The van der Waals surface area contributed by atoms with Crippen molar-refractivity contribution in [2.75, 3.05) is 18.8 Å². The topological polar surface area (TPSA) is 74.3 Å². The zero-order valence-corrected chi connectivity index (χ0v) is 15.3. The molecule has 1 aliphatic carbocycles. The van der Waals surface area contributed by atoms with Gasteiger partial charge in [-0.3, -0.25) is 0 Å². The average molecular weight is 363 g/mol. The second kappa shape index (κ2) is 7.55. The van der Waals surface area contributed by atoms with Crippen LogP contribution in [0.3, 0.4) is 0 Å². The van der Waals surface area contributed by atoms with Crippen molar-refractivity contribution in [1.29, 1.82) is 0 Å². The van der Waals surface area contributed by atoms with E-state index >= 15 is 0 Å². The SMILES string of the molecule is CCCCS(=O)(=O)N1CCC2(CC1)OOC1(CCCCCC1)OO2. The molecule has 7 nitrogen and oxygen atoms in total. The van der Waals surface area contributed by atoms with E-state index in [-0.39, 0.29) is 5.75 Å². The molecule has 1 saturated carbocycles. The third-order valence-electron chi connectivity index (χ3n) is 5.19. The summed E-state index contributed by atoms with van der Waals surface area (Å²) in [6.07, 6.45) is 8.31. The monoisotopic (exact) mass is 363 g/mol. The summed E-state index contributed by atoms with van der Waals surface area (Å²) in [7, 11) is -3.19. The van der Waals surface area contributed by atoms with Crippen molar-refractivity contribution in [3.8, 4) is 0 Å². The summed E-state index contributed by atoms with van der Waals surface area (Å²) in [6.45, 7) is 2.72. The minimum absolute atomic E-state index is 0.203. The number of sulfonamides is 1. The smallest absolute Gasteiger partial charge is 0.212 e. The van der Waals surface area contributed by atoms with Crippen LogP contribution in [-0.2, 0) is 29.6 Å². The maximum atomic E-state index is 12.3. The standard InChI is InChI=1S/C16H29NO6S/c1-2-3-14-24(18,19)17-12-10-16(11-13-17)22-20-15(21-23-16)8-6-4-5-7-9-15/h2-14H2,1H3. The molecule has 0 amide bonds. The minimum atomic E-state index is -3.19. The summed E-state index contributed by atoms with van der Waals surface area (Å²) in [5.74, 6) is -1.56. The molecule has 0 unspecified atom stereocenters. The number of piperidine rings is 1. The first-order valence-electron chi connectivity index (χ1n) is 9.21. The third kappa shape index (κ3) is 4.11. The highest BCUT2D eigenvalue weighted by Gasteiger charge is 2.51. The van der Waals surface area contributed by atoms with Crippen LogP contribution in [0.25, 0.3) is 0 Å². The van der Waals surface area contributed by atoms with Crippen LogP contribution in [0.5, 0.6) is 0 Å². The Bertz CT molecular complexity index is 495. The van der Waals surface area contributed by atoms with Gasteiger partial charge in [-0.1, -0.05) is 26.2 Å². The molecule has 3 fully saturated rings. The number of unbranched alkanes of at least 4 members (excludes halogenated alkanes) is 1. The summed E-state index contributed by atoms with van der Waals surface area (Å²) in [5, 5.41) is 0. The van der Waals surface area contributed by atoms with E-state index in [9.17, 15) is 8.42 Å². The van der Waals surface area contributed by atoms with Crippen LogP contribution in [0.4, 0.5) is 0 Å². The number of hydrogen-bond acceptors (Lipinski definition) is 6. The van der Waals surface area contributed by atoms with E-state index in [1.165, 1.54) is 17.1 Å². The van der Waals surface area contributed by atoms with Gasteiger partial charge < -0.3 is 0 Å². The molecule has 2 aliphatic heterocycles. The Morgan fingerprint density at radius 3 is 1.83 bits per heavy atom. The summed E-state index contributed by atoms with van der Waals surface area (Å²) in [5.41, 5.74) is 0. The lowest BCUT2D eigenvalue weighted by Gasteiger charge is -2.45. The quantitative estimate of drug-likeness (QED) is 0.715. The van der Waals surface area contributed by atoms with E-state index in [1.807, 2.05) is 6.92 Å². The molecule has 0 aromatic heterocycles. The predicted octanol–water partition coefficient (Wildman–Crippen LogP) is 2.87. The fourth-order valence-electron chi connectivity index (χ4n) is 3.49. The van der Waals surface area contributed by atoms with Crippen molar-refractivity contribution in [3.63, 3.8) is 0 Å². The zero-order valence-electron chi connectivity index (χ0n) is 14.5. The van der Waals surface area contributed by atoms with Crippen molar-refractivity contribution < 1.29 is 28.0 Å². The maximum absolute atomic E-state index is 12.3. The fourth-order valence-corrected chi connectivity index (χ4v) is 5.14. The van der Waals surface area contributed by atoms with Crippen LogP contribution in [0.1, 0.15) is 71.1 Å². The molecule has 0 aromatic rings. The van der Waals surface area contributed by atoms with Gasteiger partial charge in [-0.15, -0.1) is 0 Å². The first kappa shape index (κ1) is 18.5. The van der Waals surface area contributed by atoms with E-state index < -0.39 is 21.6 Å². The lowest BCUT2D eigenvalue weighted by molar-refractivity contribution is -0.661. The van der Waals surface area contributed by atoms with Crippen LogP contribution in [0.2, 0.25) is 0 Å². The number of nitrogens with zero attached hydrogens (tertiary/aromatic N) is 1. The molecule has 2 spiro atoms. The van der Waals surface area contributed by atoms with Gasteiger partial charge in [0, 0.05) is 38.8 Å². The van der Waals surface area contributed by atoms with Gasteiger partial charge in [0.25, 0.3) is 0 Å². The van der Waals surface area contributed by atoms with E-state index in [4.69, 9.17) is 19.6 Å². The molecule has 0 bridgehead atoms. The molecule has 24 heavy (non-hydrogen) atoms. The Morgan fingerprint density at radius 2 is 1.33 bits per heavy atom. The number of hydrogen-bond donors (Lipinski definition) is 0. The molecular weight excluding hydrogens is 334 g/mol. The first-order chi connectivity index (χ1) is 11.5. The molecule has 0 atom stereocenters. The van der Waals surface area contributed by atoms with E-state index in [0.717, 1.165) is 32.1 Å². The first-order valence-corrected chi connectivity index (χ1v) is 10.8. The van der Waals surface area contributed by atoms with Gasteiger partial charge in [-0.25, -0.2) is 12.7 Å². The molecule has 2 saturated heterocycles. The van der Waals surface area contributed by atoms with Crippen molar-refractivity contribution >= 4 is 10.0 Å². The second-order valence-corrected chi connectivity index (χ2v) is 9.23. The molecule has 0 N–H and O–H groups in total. The van der Waals surface area contributed by atoms with Gasteiger partial charge in [-0.2, -0.15) is 19.6 Å². The van der Waals surface area contributed by atoms with Crippen molar-refractivity contribution in [1.82, 2.24) is 4.31 Å². The predicted molar refractivity (Wildman–Crippen MR) is 87.0 cm³/mol. The van der Waals surface area contributed by atoms with Crippen molar-refractivity contribution in [3.05, 3.63) is 0 Å². The molecular formula is C16H29NO6S. The Labute approximate surface area is 144 Å². The Balaban J connectivity index is 1.53. The van der Waals surface area contributed by atoms with Gasteiger partial charge in [0.2, 0.25) is 21.6 Å². The second-order valence-electron chi connectivity index (χ2n) is 7.14. The maximum Gasteiger partial charge on any atom is 0.236 e. The van der Waals surface area contributed by atoms with Gasteiger partial charge in [0.1, 0.15) is 0 Å². The molecule has 8 heteroatoms. The highest BCUT2D eigenvalue weighted by molar-refractivity contribution is 7.89. The molecule has 3 rings (SSSR count). The van der Waals surface area contributed by atoms with Crippen molar-refractivity contribution in [2.45, 2.75) is 82.7 Å². The van der Waals surface area contributed by atoms with Crippen LogP contribution < -0.4 is 0 Å². The molecule has 0 radical (unpaired) electrons. The highest BCUT2D eigenvalue weighted by atomic mass is 32.2. The summed E-state index contributed by atoms with van der Waals surface area (Å²) in [6, 6.07) is 0. The third-order valence-corrected chi connectivity index (χ3v) is 7.15. The van der Waals surface area contributed by atoms with E-state index in [1.54, 1.807) is 0 Å². The largest absolute Gasteiger partial charge is 0.236 e. The zero-order chi connectivity index (χ0) is 17.1. The van der Waals surface area contributed by atoms with Crippen molar-refractivity contribution in [2.24, 2.45) is 0 Å². The van der Waals surface area contributed by atoms with Gasteiger partial charge in [0.05, 0.1) is 5.75 Å². The fraction of sp³-hybridized carbons (Fsp3) is 1.00. The van der Waals surface area contributed by atoms with Crippen LogP contribution in [0, 0.1) is 0 Å². The Kier molecular flexibility index (Phi) is 5.83. The van der Waals surface area contributed by atoms with Crippen LogP contribution in [0.15, 0.2) is 0 Å². The molecule has 3 aliphatic rings. The highest BCUT2D eigenvalue weighted by Crippen LogP contribution is 2.41. The van der Waals surface area contributed by atoms with Gasteiger partial charge >= 0.3 is 0 Å².